The first-order chi connectivity index (χ1) is 64.6. The molecule has 2 aromatic carbocycles. The van der Waals surface area contributed by atoms with Crippen LogP contribution >= 0.6 is 0 Å². The number of carbonyl (C=O) groups is 19. The molecule has 53 nitrogen and oxygen atoms in total. The van der Waals surface area contributed by atoms with Crippen LogP contribution in [0.3, 0.4) is 0 Å². The monoisotopic (exact) mass is 1940 g/mol. The van der Waals surface area contributed by atoms with E-state index in [9.17, 15) is 106 Å². The van der Waals surface area contributed by atoms with Crippen LogP contribution in [0.5, 0.6) is 0 Å². The standard InChI is InChI=1S/C83H139FN32O21/c1-44(67(125)107-54(22-14-34-98-80(92)93)70(128)108-51(19-8-11-31-85)69(127)111-55(23-15-35-99-81(94)95)71(129)109-52(20-9-12-32-86)72(130)112-58(39-61(90)120)75(133)106-50(66(91)124)29-30-60(89)119)104-77(135)59(43-117)113-73(131)53(21-10-13-33-87)110-74(132)56(24-16-36-100-82(96)97)114-79(137)83(3,4)116-64(123)42-103-78(136)65(45(2)118)115-76(134)57(38-47-25-27-48(84)28-26-47)105-63(122)41-101-62(121)40-102-68(126)49(88)37-46-17-6-5-7-18-46/h5-7,17-18,25-28,44-45,49-59,65,117-118H,8-16,19-24,29-43,85-88H2,1-4H3,(H2,89,119)(H2,90,120)(H2,91,124)(H,101,121)(H,102,126)(H,103,136)(H,104,135)(H,105,122)(H,106,133)(H,107,125)(H,108,128)(H,109,129)(H,110,132)(H,111,127)(H,112,130)(H,113,131)(H,114,137)(H,115,134)(H,116,123)(H4,92,93,98)(H4,94,95,99)(H4,96,97,100)/t44-,45+,49-,50-,51-,52-,53-,54-,55-,56-,57-,58-,59-,65-/m0/s1. The average Bonchev–Trinajstić information content (AvgIpc) is 0.851. The van der Waals surface area contributed by atoms with Crippen molar-refractivity contribution in [3.8, 4) is 0 Å². The Hall–Kier alpha value is -14.1. The minimum absolute atomic E-state index is 0.00325. The van der Waals surface area contributed by atoms with Crippen LogP contribution in [-0.2, 0) is 104 Å². The first-order valence-corrected chi connectivity index (χ1v) is 44.5. The van der Waals surface area contributed by atoms with Gasteiger partial charge < -0.3 is 169 Å². The number of benzene rings is 2. The fraction of sp³-hybridized carbons (Fsp3) is 0.590. The Morgan fingerprint density at radius 3 is 1.16 bits per heavy atom. The Labute approximate surface area is 790 Å². The summed E-state index contributed by atoms with van der Waals surface area (Å²) in [6.07, 6.45) is -3.34. The Bertz CT molecular complexity index is 4390. The zero-order chi connectivity index (χ0) is 103. The van der Waals surface area contributed by atoms with Gasteiger partial charge in [-0.25, -0.2) is 4.39 Å². The molecule has 14 atom stereocenters. The highest BCUT2D eigenvalue weighted by atomic mass is 19.1. The van der Waals surface area contributed by atoms with Gasteiger partial charge in [-0.15, -0.1) is 0 Å². The lowest BCUT2D eigenvalue weighted by Crippen LogP contribution is -2.62. The number of halogens is 1. The summed E-state index contributed by atoms with van der Waals surface area (Å²) in [5.41, 5.74) is 55.0. The van der Waals surface area contributed by atoms with Crippen LogP contribution in [0.2, 0.25) is 0 Å². The van der Waals surface area contributed by atoms with E-state index >= 15 is 0 Å². The van der Waals surface area contributed by atoms with Gasteiger partial charge in [-0.2, -0.15) is 0 Å². The van der Waals surface area contributed by atoms with Crippen molar-refractivity contribution >= 4 is 130 Å². The zero-order valence-electron chi connectivity index (χ0n) is 77.3. The molecule has 0 aliphatic heterocycles. The van der Waals surface area contributed by atoms with E-state index in [1.165, 1.54) is 26.0 Å². The summed E-state index contributed by atoms with van der Waals surface area (Å²) in [6, 6.07) is -7.02. The molecule has 0 bridgehead atoms. The average molecular weight is 1940 g/mol. The molecular weight excluding hydrogens is 1800 g/mol. The molecule has 0 saturated carbocycles. The number of aliphatic hydroxyl groups is 2. The number of primary amides is 3. The molecule has 0 spiro atoms. The van der Waals surface area contributed by atoms with Gasteiger partial charge in [-0.1, -0.05) is 42.5 Å². The number of nitrogens with two attached hydrogens (primary N) is 10. The molecule has 0 fully saturated rings. The summed E-state index contributed by atoms with van der Waals surface area (Å²) in [7, 11) is 0. The smallest absolute Gasteiger partial charge is 0.245 e. The maximum atomic E-state index is 14.6. The summed E-state index contributed by atoms with van der Waals surface area (Å²) < 4.78 is 14.0. The van der Waals surface area contributed by atoms with Crippen LogP contribution in [0.15, 0.2) is 54.6 Å². The fourth-order valence-electron chi connectivity index (χ4n) is 13.0. The summed E-state index contributed by atoms with van der Waals surface area (Å²) in [4.78, 5) is 259. The molecule has 19 amide bonds. The van der Waals surface area contributed by atoms with E-state index in [1.807, 2.05) is 0 Å². The number of hydrogen-bond donors (Lipinski definition) is 34. The van der Waals surface area contributed by atoms with Gasteiger partial charge in [0.15, 0.2) is 17.9 Å². The van der Waals surface area contributed by atoms with E-state index < -0.39 is 265 Å². The molecule has 54 heteroatoms. The molecule has 0 unspecified atom stereocenters. The second kappa shape index (κ2) is 63.9. The number of guanidine groups is 3. The minimum Gasteiger partial charge on any atom is -0.394 e. The molecule has 2 aromatic rings. The van der Waals surface area contributed by atoms with E-state index in [-0.39, 0.29) is 148 Å². The molecule has 137 heavy (non-hydrogen) atoms. The number of hydrogen-bond acceptors (Lipinski definition) is 28. The molecule has 0 saturated heterocycles. The second-order valence-corrected chi connectivity index (χ2v) is 32.7. The van der Waals surface area contributed by atoms with Crippen molar-refractivity contribution in [2.75, 3.05) is 65.5 Å². The molecule has 0 aliphatic rings. The highest BCUT2D eigenvalue weighted by molar-refractivity contribution is 6.02. The second-order valence-electron chi connectivity index (χ2n) is 32.7. The number of amides is 19. The molecular formula is C83H139FN32O21. The lowest BCUT2D eigenvalue weighted by atomic mass is 10.0. The number of nitrogens with one attached hydrogen (secondary N) is 22. The molecule has 2 rings (SSSR count). The maximum Gasteiger partial charge on any atom is 0.245 e. The largest absolute Gasteiger partial charge is 0.394 e. The Morgan fingerprint density at radius 2 is 0.745 bits per heavy atom. The van der Waals surface area contributed by atoms with Crippen molar-refractivity contribution in [2.45, 2.75) is 246 Å². The Kier molecular flexibility index (Phi) is 55.5. The van der Waals surface area contributed by atoms with Gasteiger partial charge in [-0.3, -0.25) is 107 Å². The SMILES string of the molecule is C[C@H](NC(=O)[C@H](CO)NC(=O)[C@H](CCCCN)NC(=O)[C@H](CCCNC(=N)N)NC(=O)C(C)(C)NC(=O)CNC(=O)[C@@H](NC(=O)[C@H](Cc1ccc(F)cc1)NC(=O)CNC(=O)CNC(=O)[C@@H](N)Cc1ccccc1)[C@@H](C)O)C(=O)N[C@@H](CCCNC(=N)N)C(=O)N[C@@H](CCCCN)C(=O)N[C@@H](CCCNC(=N)N)C(=O)N[C@@H](CCCCN)C(=O)N[C@@H](CC(N)=O)C(=O)N[C@@H](CCC(N)=O)C(N)=O. The van der Waals surface area contributed by atoms with Crippen LogP contribution in [0, 0.1) is 22.0 Å². The first-order valence-electron chi connectivity index (χ1n) is 44.5. The van der Waals surface area contributed by atoms with E-state index in [1.54, 1.807) is 30.3 Å². The van der Waals surface area contributed by atoms with Gasteiger partial charge in [-0.05, 0) is 180 Å². The van der Waals surface area contributed by atoms with E-state index in [0.717, 1.165) is 31.5 Å². The summed E-state index contributed by atoms with van der Waals surface area (Å²) in [5.74, 6) is -21.4. The van der Waals surface area contributed by atoms with Crippen molar-refractivity contribution in [3.63, 3.8) is 0 Å². The van der Waals surface area contributed by atoms with Crippen molar-refractivity contribution in [3.05, 3.63) is 71.5 Å². The number of carbonyl (C=O) groups excluding carboxylic acids is 19. The maximum absolute atomic E-state index is 14.6. The summed E-state index contributed by atoms with van der Waals surface area (Å²) >= 11 is 0. The molecule has 44 N–H and O–H groups in total. The van der Waals surface area contributed by atoms with Gasteiger partial charge >= 0.3 is 0 Å². The van der Waals surface area contributed by atoms with Gasteiger partial charge in [0, 0.05) is 32.5 Å². The van der Waals surface area contributed by atoms with Gasteiger partial charge in [0.2, 0.25) is 112 Å². The molecule has 0 aromatic heterocycles. The third-order valence-electron chi connectivity index (χ3n) is 20.5. The third kappa shape index (κ3) is 49.1. The highest BCUT2D eigenvalue weighted by Gasteiger charge is 2.39. The number of rotatable bonds is 68. The zero-order valence-corrected chi connectivity index (χ0v) is 77.3. The van der Waals surface area contributed by atoms with Crippen LogP contribution in [0.1, 0.15) is 154 Å². The lowest BCUT2D eigenvalue weighted by molar-refractivity contribution is -0.137. The van der Waals surface area contributed by atoms with E-state index in [0.29, 0.717) is 12.0 Å². The van der Waals surface area contributed by atoms with Gasteiger partial charge in [0.05, 0.1) is 44.8 Å². The topological polar surface area (TPSA) is 925 Å². The van der Waals surface area contributed by atoms with Crippen molar-refractivity contribution in [1.29, 1.82) is 16.2 Å². The Morgan fingerprint density at radius 1 is 0.372 bits per heavy atom. The third-order valence-corrected chi connectivity index (χ3v) is 20.5. The number of aliphatic hydroxyl groups excluding tert-OH is 2. The predicted molar refractivity (Wildman–Crippen MR) is 495 cm³/mol. The van der Waals surface area contributed by atoms with E-state index in [4.69, 9.17) is 73.6 Å². The summed E-state index contributed by atoms with van der Waals surface area (Å²) in [5, 5.41) is 90.6. The molecule has 0 heterocycles. The quantitative estimate of drug-likeness (QED) is 0.0166. The first kappa shape index (κ1) is 119. The van der Waals surface area contributed by atoms with Crippen molar-refractivity contribution in [1.82, 2.24) is 101 Å². The molecule has 764 valence electrons. The van der Waals surface area contributed by atoms with Gasteiger partial charge in [0.1, 0.15) is 83.9 Å². The summed E-state index contributed by atoms with van der Waals surface area (Å²) in [6.45, 7) is 1.51. The van der Waals surface area contributed by atoms with Crippen molar-refractivity contribution in [2.24, 2.45) is 57.3 Å². The molecule has 0 aliphatic carbocycles. The van der Waals surface area contributed by atoms with Crippen LogP contribution < -0.4 is 158 Å². The fourth-order valence-corrected chi connectivity index (χ4v) is 13.0. The van der Waals surface area contributed by atoms with Crippen LogP contribution in [0.25, 0.3) is 0 Å². The number of unbranched alkanes of at least 4 members (excludes halogenated alkanes) is 3. The highest BCUT2D eigenvalue weighted by Crippen LogP contribution is 2.15. The molecule has 0 radical (unpaired) electrons. The van der Waals surface area contributed by atoms with Gasteiger partial charge in [0.25, 0.3) is 0 Å². The van der Waals surface area contributed by atoms with Crippen LogP contribution in [-0.4, -0.2) is 296 Å². The van der Waals surface area contributed by atoms with Crippen molar-refractivity contribution < 1.29 is 106 Å². The Balaban J connectivity index is 2.42. The minimum atomic E-state index is -1.96. The van der Waals surface area contributed by atoms with Crippen LogP contribution in [0.4, 0.5) is 4.39 Å². The normalized spacial score (nSPS) is 14.1. The van der Waals surface area contributed by atoms with E-state index in [2.05, 4.69) is 101 Å². The lowest BCUT2D eigenvalue weighted by Gasteiger charge is -2.29. The predicted octanol–water partition coefficient (Wildman–Crippen LogP) is -12.8.